The van der Waals surface area contributed by atoms with E-state index in [1.54, 1.807) is 0 Å². The van der Waals surface area contributed by atoms with Crippen LogP contribution in [-0.2, 0) is 0 Å². The minimum atomic E-state index is 0.223. The minimum absolute atomic E-state index is 0.223. The van der Waals surface area contributed by atoms with Crippen LogP contribution in [0.1, 0.15) is 21.5 Å². The Kier molecular flexibility index (Phi) is 4.13. The normalized spacial score (nSPS) is 12.6. The standard InChI is InChI=1S/C18H14BrI/c1-12-6-4-11-16(18(12)20)17(19)15-10-5-8-13-7-2-3-9-14(13)15/h2-11,17H,1H3. The Labute approximate surface area is 141 Å². The second kappa shape index (κ2) is 5.86. The molecule has 0 aliphatic carbocycles. The van der Waals surface area contributed by atoms with Gasteiger partial charge in [0.25, 0.3) is 0 Å². The van der Waals surface area contributed by atoms with Crippen molar-refractivity contribution >= 4 is 49.3 Å². The predicted octanol–water partition coefficient (Wildman–Crippen LogP) is 6.24. The molecule has 0 aliphatic heterocycles. The lowest BCUT2D eigenvalue weighted by Gasteiger charge is -2.16. The first-order valence-electron chi connectivity index (χ1n) is 6.55. The van der Waals surface area contributed by atoms with Crippen molar-refractivity contribution in [1.29, 1.82) is 0 Å². The fourth-order valence-electron chi connectivity index (χ4n) is 2.50. The molecule has 0 spiro atoms. The molecule has 0 amide bonds. The minimum Gasteiger partial charge on any atom is -0.0786 e. The number of hydrogen-bond donors (Lipinski definition) is 0. The highest BCUT2D eigenvalue weighted by Crippen LogP contribution is 2.37. The van der Waals surface area contributed by atoms with E-state index in [-0.39, 0.29) is 4.83 Å². The summed E-state index contributed by atoms with van der Waals surface area (Å²) >= 11 is 6.34. The molecule has 0 heterocycles. The van der Waals surface area contributed by atoms with Gasteiger partial charge in [-0.15, -0.1) is 0 Å². The van der Waals surface area contributed by atoms with Crippen molar-refractivity contribution in [1.82, 2.24) is 0 Å². The molecule has 0 aromatic heterocycles. The molecule has 100 valence electrons. The Morgan fingerprint density at radius 1 is 0.850 bits per heavy atom. The number of benzene rings is 3. The molecular formula is C18H14BrI. The topological polar surface area (TPSA) is 0 Å². The van der Waals surface area contributed by atoms with Gasteiger partial charge in [0.2, 0.25) is 0 Å². The summed E-state index contributed by atoms with van der Waals surface area (Å²) in [5, 5.41) is 2.60. The number of alkyl halides is 1. The summed E-state index contributed by atoms with van der Waals surface area (Å²) in [6.07, 6.45) is 0. The summed E-state index contributed by atoms with van der Waals surface area (Å²) in [6.45, 7) is 2.16. The molecule has 3 aromatic rings. The second-order valence-corrected chi connectivity index (χ2v) is 6.90. The lowest BCUT2D eigenvalue weighted by molar-refractivity contribution is 1.16. The zero-order valence-corrected chi connectivity index (χ0v) is 14.9. The SMILES string of the molecule is Cc1cccc(C(Br)c2cccc3ccccc23)c1I. The average molecular weight is 437 g/mol. The summed E-state index contributed by atoms with van der Waals surface area (Å²) in [7, 11) is 0. The van der Waals surface area contributed by atoms with E-state index < -0.39 is 0 Å². The van der Waals surface area contributed by atoms with Crippen LogP contribution in [0, 0.1) is 10.5 Å². The van der Waals surface area contributed by atoms with Crippen LogP contribution in [0.3, 0.4) is 0 Å². The van der Waals surface area contributed by atoms with Gasteiger partial charge in [0.1, 0.15) is 0 Å². The van der Waals surface area contributed by atoms with E-state index >= 15 is 0 Å². The van der Waals surface area contributed by atoms with E-state index in [1.165, 1.54) is 31.0 Å². The van der Waals surface area contributed by atoms with Crippen molar-refractivity contribution in [2.45, 2.75) is 11.8 Å². The van der Waals surface area contributed by atoms with Gasteiger partial charge in [-0.2, -0.15) is 0 Å². The van der Waals surface area contributed by atoms with E-state index in [0.29, 0.717) is 0 Å². The first kappa shape index (κ1) is 14.1. The molecule has 0 bridgehead atoms. The maximum absolute atomic E-state index is 3.90. The molecule has 20 heavy (non-hydrogen) atoms. The predicted molar refractivity (Wildman–Crippen MR) is 98.6 cm³/mol. The lowest BCUT2D eigenvalue weighted by atomic mass is 9.97. The molecule has 1 unspecified atom stereocenters. The Morgan fingerprint density at radius 2 is 1.50 bits per heavy atom. The first-order valence-corrected chi connectivity index (χ1v) is 8.54. The molecule has 2 heteroatoms. The van der Waals surface area contributed by atoms with Gasteiger partial charge in [-0.1, -0.05) is 76.6 Å². The van der Waals surface area contributed by atoms with Crippen molar-refractivity contribution in [2.75, 3.05) is 0 Å². The monoisotopic (exact) mass is 436 g/mol. The van der Waals surface area contributed by atoms with Crippen molar-refractivity contribution in [3.63, 3.8) is 0 Å². The highest BCUT2D eigenvalue weighted by atomic mass is 127. The Bertz CT molecular complexity index is 759. The molecular weight excluding hydrogens is 423 g/mol. The van der Waals surface area contributed by atoms with Crippen LogP contribution in [0.25, 0.3) is 10.8 Å². The molecule has 0 saturated heterocycles. The zero-order valence-electron chi connectivity index (χ0n) is 11.1. The van der Waals surface area contributed by atoms with Crippen molar-refractivity contribution in [2.24, 2.45) is 0 Å². The van der Waals surface area contributed by atoms with E-state index in [9.17, 15) is 0 Å². The van der Waals surface area contributed by atoms with Gasteiger partial charge < -0.3 is 0 Å². The number of hydrogen-bond acceptors (Lipinski definition) is 0. The lowest BCUT2D eigenvalue weighted by Crippen LogP contribution is -1.98. The third-order valence-electron chi connectivity index (χ3n) is 3.59. The van der Waals surface area contributed by atoms with E-state index in [0.717, 1.165) is 0 Å². The van der Waals surface area contributed by atoms with Crippen LogP contribution in [0.15, 0.2) is 60.7 Å². The summed E-state index contributed by atoms with van der Waals surface area (Å²) < 4.78 is 1.33. The third-order valence-corrected chi connectivity index (χ3v) is 6.05. The third kappa shape index (κ3) is 2.51. The molecule has 0 aliphatic rings. The van der Waals surface area contributed by atoms with Crippen LogP contribution in [-0.4, -0.2) is 0 Å². The van der Waals surface area contributed by atoms with E-state index in [4.69, 9.17) is 0 Å². The van der Waals surface area contributed by atoms with Gasteiger partial charge in [0, 0.05) is 3.57 Å². The van der Waals surface area contributed by atoms with Gasteiger partial charge in [-0.25, -0.2) is 0 Å². The van der Waals surface area contributed by atoms with Crippen LogP contribution in [0.4, 0.5) is 0 Å². The average Bonchev–Trinajstić information content (AvgIpc) is 2.49. The zero-order chi connectivity index (χ0) is 14.1. The first-order chi connectivity index (χ1) is 9.68. The summed E-state index contributed by atoms with van der Waals surface area (Å²) in [5.41, 5.74) is 3.99. The highest BCUT2D eigenvalue weighted by molar-refractivity contribution is 14.1. The largest absolute Gasteiger partial charge is 0.0786 e. The van der Waals surface area contributed by atoms with Gasteiger partial charge in [-0.05, 0) is 57.0 Å². The molecule has 0 nitrogen and oxygen atoms in total. The number of halogens is 2. The van der Waals surface area contributed by atoms with Crippen molar-refractivity contribution in [3.05, 3.63) is 80.9 Å². The number of aryl methyl sites for hydroxylation is 1. The molecule has 3 rings (SSSR count). The van der Waals surface area contributed by atoms with Crippen LogP contribution in [0.2, 0.25) is 0 Å². The summed E-state index contributed by atoms with van der Waals surface area (Å²) in [6, 6.07) is 21.6. The fourth-order valence-corrected chi connectivity index (χ4v) is 4.38. The number of fused-ring (bicyclic) bond motifs is 1. The maximum atomic E-state index is 3.90. The van der Waals surface area contributed by atoms with Gasteiger partial charge in [0.15, 0.2) is 0 Å². The van der Waals surface area contributed by atoms with Crippen LogP contribution < -0.4 is 0 Å². The molecule has 0 radical (unpaired) electrons. The second-order valence-electron chi connectivity index (χ2n) is 4.91. The molecule has 1 atom stereocenters. The van der Waals surface area contributed by atoms with Gasteiger partial charge in [0.05, 0.1) is 4.83 Å². The molecule has 3 aromatic carbocycles. The van der Waals surface area contributed by atoms with Gasteiger partial charge >= 0.3 is 0 Å². The number of rotatable bonds is 2. The quantitative estimate of drug-likeness (QED) is 0.329. The molecule has 0 N–H and O–H groups in total. The van der Waals surface area contributed by atoms with E-state index in [1.807, 2.05) is 0 Å². The smallest absolute Gasteiger partial charge is 0.0660 e. The van der Waals surface area contributed by atoms with E-state index in [2.05, 4.69) is 106 Å². The van der Waals surface area contributed by atoms with Crippen LogP contribution >= 0.6 is 38.5 Å². The van der Waals surface area contributed by atoms with Crippen molar-refractivity contribution in [3.8, 4) is 0 Å². The fraction of sp³-hybridized carbons (Fsp3) is 0.111. The molecule has 0 fully saturated rings. The Hall–Kier alpha value is -0.870. The van der Waals surface area contributed by atoms with Gasteiger partial charge in [-0.3, -0.25) is 0 Å². The molecule has 0 saturated carbocycles. The van der Waals surface area contributed by atoms with Crippen LogP contribution in [0.5, 0.6) is 0 Å². The summed E-state index contributed by atoms with van der Waals surface area (Å²) in [4.78, 5) is 0.223. The maximum Gasteiger partial charge on any atom is 0.0660 e. The summed E-state index contributed by atoms with van der Waals surface area (Å²) in [5.74, 6) is 0. The Morgan fingerprint density at radius 3 is 2.35 bits per heavy atom. The Balaban J connectivity index is 2.18. The highest BCUT2D eigenvalue weighted by Gasteiger charge is 2.16. The van der Waals surface area contributed by atoms with Crippen molar-refractivity contribution < 1.29 is 0 Å².